The standard InChI is InChI=1S/C17H36O/c1-4-7-9-10-11-12-14-16-17(18,6-3)15-13-8-5-2/h18H,4-16H2,1-3H3. The second-order valence-corrected chi connectivity index (χ2v) is 5.91. The van der Waals surface area contributed by atoms with Gasteiger partial charge in [0.25, 0.3) is 0 Å². The third-order valence-electron chi connectivity index (χ3n) is 4.15. The van der Waals surface area contributed by atoms with Crippen LogP contribution >= 0.6 is 0 Å². The molecule has 0 saturated carbocycles. The number of hydrogen-bond donors (Lipinski definition) is 1. The van der Waals surface area contributed by atoms with Crippen molar-refractivity contribution in [1.82, 2.24) is 0 Å². The van der Waals surface area contributed by atoms with Crippen molar-refractivity contribution in [2.24, 2.45) is 0 Å². The molecule has 0 radical (unpaired) electrons. The summed E-state index contributed by atoms with van der Waals surface area (Å²) in [6.07, 6.45) is 16.0. The highest BCUT2D eigenvalue weighted by Crippen LogP contribution is 2.25. The third-order valence-corrected chi connectivity index (χ3v) is 4.15. The molecule has 18 heavy (non-hydrogen) atoms. The lowest BCUT2D eigenvalue weighted by molar-refractivity contribution is 0.0141. The van der Waals surface area contributed by atoms with Crippen LogP contribution in [-0.2, 0) is 0 Å². The van der Waals surface area contributed by atoms with Crippen molar-refractivity contribution in [3.63, 3.8) is 0 Å². The Kier molecular flexibility index (Phi) is 12.0. The summed E-state index contributed by atoms with van der Waals surface area (Å²) in [5, 5.41) is 10.5. The van der Waals surface area contributed by atoms with Crippen LogP contribution in [0.4, 0.5) is 0 Å². The highest BCUT2D eigenvalue weighted by molar-refractivity contribution is 4.76. The van der Waals surface area contributed by atoms with Crippen LogP contribution in [0.5, 0.6) is 0 Å². The average molecular weight is 256 g/mol. The molecule has 1 heteroatoms. The predicted molar refractivity (Wildman–Crippen MR) is 82.0 cm³/mol. The molecule has 0 bridgehead atoms. The fourth-order valence-corrected chi connectivity index (χ4v) is 2.59. The lowest BCUT2D eigenvalue weighted by Crippen LogP contribution is -2.27. The molecular weight excluding hydrogens is 220 g/mol. The van der Waals surface area contributed by atoms with Crippen molar-refractivity contribution in [3.8, 4) is 0 Å². The van der Waals surface area contributed by atoms with Crippen molar-refractivity contribution in [1.29, 1.82) is 0 Å². The van der Waals surface area contributed by atoms with E-state index in [4.69, 9.17) is 0 Å². The molecular formula is C17H36O. The largest absolute Gasteiger partial charge is 0.390 e. The lowest BCUT2D eigenvalue weighted by Gasteiger charge is -2.27. The van der Waals surface area contributed by atoms with Crippen molar-refractivity contribution >= 4 is 0 Å². The highest BCUT2D eigenvalue weighted by Gasteiger charge is 2.22. The first-order valence-electron chi connectivity index (χ1n) is 8.41. The molecule has 1 atom stereocenters. The van der Waals surface area contributed by atoms with Gasteiger partial charge in [0.15, 0.2) is 0 Å². The first kappa shape index (κ1) is 18.0. The van der Waals surface area contributed by atoms with Crippen LogP contribution in [0.2, 0.25) is 0 Å². The van der Waals surface area contributed by atoms with Gasteiger partial charge in [-0.1, -0.05) is 85.0 Å². The van der Waals surface area contributed by atoms with Crippen molar-refractivity contribution in [2.45, 2.75) is 110 Å². The summed E-state index contributed by atoms with van der Waals surface area (Å²) in [5.41, 5.74) is -0.363. The van der Waals surface area contributed by atoms with Gasteiger partial charge in [-0.15, -0.1) is 0 Å². The van der Waals surface area contributed by atoms with E-state index in [1.807, 2.05) is 0 Å². The Bertz CT molecular complexity index is 167. The van der Waals surface area contributed by atoms with Crippen LogP contribution in [0.25, 0.3) is 0 Å². The Balaban J connectivity index is 3.53. The molecule has 0 aliphatic heterocycles. The van der Waals surface area contributed by atoms with Gasteiger partial charge in [-0.25, -0.2) is 0 Å². The maximum atomic E-state index is 10.5. The van der Waals surface area contributed by atoms with Crippen LogP contribution in [0, 0.1) is 0 Å². The lowest BCUT2D eigenvalue weighted by atomic mass is 9.88. The minimum Gasteiger partial charge on any atom is -0.390 e. The topological polar surface area (TPSA) is 20.2 Å². The van der Waals surface area contributed by atoms with Gasteiger partial charge in [0.05, 0.1) is 5.60 Å². The maximum absolute atomic E-state index is 10.5. The molecule has 0 aromatic rings. The van der Waals surface area contributed by atoms with Crippen LogP contribution in [0.3, 0.4) is 0 Å². The monoisotopic (exact) mass is 256 g/mol. The number of aliphatic hydroxyl groups is 1. The van der Waals surface area contributed by atoms with Crippen molar-refractivity contribution < 1.29 is 5.11 Å². The van der Waals surface area contributed by atoms with Crippen molar-refractivity contribution in [2.75, 3.05) is 0 Å². The molecule has 0 rings (SSSR count). The van der Waals surface area contributed by atoms with E-state index in [9.17, 15) is 5.11 Å². The van der Waals surface area contributed by atoms with E-state index in [1.165, 1.54) is 64.2 Å². The smallest absolute Gasteiger partial charge is 0.0645 e. The predicted octanol–water partition coefficient (Wildman–Crippen LogP) is 5.85. The Morgan fingerprint density at radius 3 is 1.50 bits per heavy atom. The quantitative estimate of drug-likeness (QED) is 0.410. The zero-order chi connectivity index (χ0) is 13.7. The average Bonchev–Trinajstić information content (AvgIpc) is 2.38. The Morgan fingerprint density at radius 1 is 0.611 bits per heavy atom. The van der Waals surface area contributed by atoms with Gasteiger partial charge in [-0.2, -0.15) is 0 Å². The number of rotatable bonds is 13. The van der Waals surface area contributed by atoms with Gasteiger partial charge >= 0.3 is 0 Å². The number of unbranched alkanes of at least 4 members (excludes halogenated alkanes) is 8. The van der Waals surface area contributed by atoms with Crippen LogP contribution in [0.15, 0.2) is 0 Å². The fraction of sp³-hybridized carbons (Fsp3) is 1.00. The molecule has 1 nitrogen and oxygen atoms in total. The maximum Gasteiger partial charge on any atom is 0.0645 e. The molecule has 0 spiro atoms. The van der Waals surface area contributed by atoms with E-state index in [1.54, 1.807) is 0 Å². The summed E-state index contributed by atoms with van der Waals surface area (Å²) < 4.78 is 0. The second kappa shape index (κ2) is 12.0. The second-order valence-electron chi connectivity index (χ2n) is 5.91. The minimum atomic E-state index is -0.363. The van der Waals surface area contributed by atoms with E-state index in [0.29, 0.717) is 0 Å². The summed E-state index contributed by atoms with van der Waals surface area (Å²) in [6, 6.07) is 0. The van der Waals surface area contributed by atoms with Crippen molar-refractivity contribution in [3.05, 3.63) is 0 Å². The van der Waals surface area contributed by atoms with Gasteiger partial charge in [-0.3, -0.25) is 0 Å². The molecule has 0 heterocycles. The molecule has 0 aromatic heterocycles. The summed E-state index contributed by atoms with van der Waals surface area (Å²) >= 11 is 0. The van der Waals surface area contributed by atoms with Crippen LogP contribution in [0.1, 0.15) is 104 Å². The summed E-state index contributed by atoms with van der Waals surface area (Å²) in [5.74, 6) is 0. The van der Waals surface area contributed by atoms with Gasteiger partial charge in [0.1, 0.15) is 0 Å². The fourth-order valence-electron chi connectivity index (χ4n) is 2.59. The Morgan fingerprint density at radius 2 is 1.00 bits per heavy atom. The number of hydrogen-bond acceptors (Lipinski definition) is 1. The molecule has 0 aliphatic rings. The third kappa shape index (κ3) is 9.94. The molecule has 0 aliphatic carbocycles. The molecule has 0 saturated heterocycles. The summed E-state index contributed by atoms with van der Waals surface area (Å²) in [6.45, 7) is 6.62. The first-order valence-corrected chi connectivity index (χ1v) is 8.41. The molecule has 1 N–H and O–H groups in total. The minimum absolute atomic E-state index is 0.363. The molecule has 0 fully saturated rings. The Hall–Kier alpha value is -0.0400. The van der Waals surface area contributed by atoms with Crippen LogP contribution in [-0.4, -0.2) is 10.7 Å². The van der Waals surface area contributed by atoms with Gasteiger partial charge in [0.2, 0.25) is 0 Å². The zero-order valence-corrected chi connectivity index (χ0v) is 13.1. The molecule has 0 amide bonds. The highest BCUT2D eigenvalue weighted by atomic mass is 16.3. The van der Waals surface area contributed by atoms with Gasteiger partial charge in [0, 0.05) is 0 Å². The van der Waals surface area contributed by atoms with Gasteiger partial charge < -0.3 is 5.11 Å². The summed E-state index contributed by atoms with van der Waals surface area (Å²) in [7, 11) is 0. The van der Waals surface area contributed by atoms with E-state index >= 15 is 0 Å². The van der Waals surface area contributed by atoms with E-state index < -0.39 is 0 Å². The SMILES string of the molecule is CCCCCCCCCC(O)(CC)CCCCC. The van der Waals surface area contributed by atoms with E-state index in [0.717, 1.165) is 19.3 Å². The molecule has 1 unspecified atom stereocenters. The zero-order valence-electron chi connectivity index (χ0n) is 13.1. The van der Waals surface area contributed by atoms with Gasteiger partial charge in [-0.05, 0) is 19.3 Å². The summed E-state index contributed by atoms with van der Waals surface area (Å²) in [4.78, 5) is 0. The Labute approximate surface area is 115 Å². The molecule has 0 aromatic carbocycles. The van der Waals surface area contributed by atoms with Crippen LogP contribution < -0.4 is 0 Å². The van der Waals surface area contributed by atoms with E-state index in [2.05, 4.69) is 20.8 Å². The normalized spacial score (nSPS) is 14.7. The van der Waals surface area contributed by atoms with E-state index in [-0.39, 0.29) is 5.60 Å². The molecule has 110 valence electrons. The first-order chi connectivity index (χ1) is 8.68.